The first-order chi connectivity index (χ1) is 15.6. The molecule has 4 rings (SSSR count). The van der Waals surface area contributed by atoms with Crippen molar-refractivity contribution in [1.29, 1.82) is 5.26 Å². The molecule has 1 aliphatic rings. The van der Waals surface area contributed by atoms with Gasteiger partial charge in [-0.25, -0.2) is 9.37 Å². The number of methoxy groups -OCH3 is 1. The van der Waals surface area contributed by atoms with Gasteiger partial charge in [0.1, 0.15) is 28.9 Å². The van der Waals surface area contributed by atoms with Crippen LogP contribution in [0.3, 0.4) is 0 Å². The van der Waals surface area contributed by atoms with Gasteiger partial charge in [-0.15, -0.1) is 0 Å². The number of carbonyl (C=O) groups is 1. The average Bonchev–Trinajstić information content (AvgIpc) is 3.30. The summed E-state index contributed by atoms with van der Waals surface area (Å²) in [6.07, 6.45) is 2.27. The summed E-state index contributed by atoms with van der Waals surface area (Å²) >= 11 is 0. The van der Waals surface area contributed by atoms with E-state index in [9.17, 15) is 23.2 Å². The molecule has 0 aliphatic heterocycles. The first kappa shape index (κ1) is 22.5. The SMILES string of the molecule is COc1cc(-c2cnc3cc(C(C)(C)C#N)ccn23)cc(OC(F)F)c1C(=O)N[C@@H]1C[C@H]1F. The van der Waals surface area contributed by atoms with Gasteiger partial charge >= 0.3 is 6.61 Å². The number of hydrogen-bond donors (Lipinski definition) is 1. The number of hydrogen-bond acceptors (Lipinski definition) is 5. The molecule has 2 atom stereocenters. The van der Waals surface area contributed by atoms with Gasteiger partial charge < -0.3 is 14.8 Å². The fourth-order valence-electron chi connectivity index (χ4n) is 3.51. The van der Waals surface area contributed by atoms with Gasteiger partial charge in [-0.3, -0.25) is 9.20 Å². The molecular weight excluding hydrogens is 437 g/mol. The van der Waals surface area contributed by atoms with Crippen molar-refractivity contribution in [1.82, 2.24) is 14.7 Å². The van der Waals surface area contributed by atoms with Crippen molar-refractivity contribution in [2.45, 2.75) is 44.5 Å². The number of ether oxygens (including phenoxy) is 2. The predicted molar refractivity (Wildman–Crippen MR) is 113 cm³/mol. The predicted octanol–water partition coefficient (Wildman–Crippen LogP) is 4.25. The number of nitrogens with zero attached hydrogens (tertiary/aromatic N) is 3. The molecule has 1 N–H and O–H groups in total. The van der Waals surface area contributed by atoms with Crippen molar-refractivity contribution >= 4 is 11.6 Å². The summed E-state index contributed by atoms with van der Waals surface area (Å²) in [5.41, 5.74) is 1.30. The Labute approximate surface area is 187 Å². The molecule has 172 valence electrons. The molecule has 1 saturated carbocycles. The van der Waals surface area contributed by atoms with Crippen LogP contribution in [-0.4, -0.2) is 41.2 Å². The Hall–Kier alpha value is -3.74. The van der Waals surface area contributed by atoms with E-state index < -0.39 is 35.9 Å². The topological polar surface area (TPSA) is 88.7 Å². The molecule has 0 unspecified atom stereocenters. The second-order valence-corrected chi connectivity index (χ2v) is 8.29. The quantitative estimate of drug-likeness (QED) is 0.572. The summed E-state index contributed by atoms with van der Waals surface area (Å²) in [6.45, 7) is 0.389. The largest absolute Gasteiger partial charge is 0.496 e. The molecule has 1 amide bonds. The maximum Gasteiger partial charge on any atom is 0.387 e. The number of alkyl halides is 3. The molecule has 0 radical (unpaired) electrons. The molecule has 0 spiro atoms. The smallest absolute Gasteiger partial charge is 0.387 e. The van der Waals surface area contributed by atoms with E-state index in [0.717, 1.165) is 5.56 Å². The maximum absolute atomic E-state index is 13.2. The van der Waals surface area contributed by atoms with Crippen molar-refractivity contribution in [2.75, 3.05) is 7.11 Å². The molecule has 0 bridgehead atoms. The van der Waals surface area contributed by atoms with Crippen LogP contribution in [0.15, 0.2) is 36.7 Å². The van der Waals surface area contributed by atoms with Crippen molar-refractivity contribution in [3.8, 4) is 28.8 Å². The Kier molecular flexibility index (Phi) is 5.66. The third kappa shape index (κ3) is 4.31. The Morgan fingerprint density at radius 3 is 2.64 bits per heavy atom. The van der Waals surface area contributed by atoms with Gasteiger partial charge in [0.15, 0.2) is 0 Å². The number of carbonyl (C=O) groups excluding carboxylic acids is 1. The molecule has 1 aliphatic carbocycles. The van der Waals surface area contributed by atoms with Gasteiger partial charge in [0, 0.05) is 18.2 Å². The second kappa shape index (κ2) is 8.31. The molecule has 2 aromatic heterocycles. The number of aromatic nitrogens is 2. The second-order valence-electron chi connectivity index (χ2n) is 8.29. The zero-order chi connectivity index (χ0) is 23.9. The van der Waals surface area contributed by atoms with Crippen LogP contribution >= 0.6 is 0 Å². The third-order valence-corrected chi connectivity index (χ3v) is 5.57. The standard InChI is InChI=1S/C23H21F3N4O3/c1-23(2,11-27)13-4-5-30-16(10-28-19(30)8-13)12-6-17(32-3)20(18(7-12)33-22(25)26)21(31)29-15-9-14(15)24/h4-8,10,14-15,22H,9H2,1-3H3,(H,29,31)/t14-,15-/m1/s1. The van der Waals surface area contributed by atoms with Crippen LogP contribution in [0.4, 0.5) is 13.2 Å². The summed E-state index contributed by atoms with van der Waals surface area (Å²) in [5, 5.41) is 11.8. The summed E-state index contributed by atoms with van der Waals surface area (Å²) in [6, 6.07) is 7.92. The van der Waals surface area contributed by atoms with Crippen LogP contribution in [0, 0.1) is 11.3 Å². The van der Waals surface area contributed by atoms with Gasteiger partial charge in [0.2, 0.25) is 0 Å². The number of nitriles is 1. The Morgan fingerprint density at radius 1 is 1.33 bits per heavy atom. The molecule has 33 heavy (non-hydrogen) atoms. The molecule has 1 fully saturated rings. The van der Waals surface area contributed by atoms with E-state index in [4.69, 9.17) is 4.74 Å². The monoisotopic (exact) mass is 458 g/mol. The minimum absolute atomic E-state index is 0.00566. The van der Waals surface area contributed by atoms with E-state index in [1.54, 1.807) is 36.6 Å². The number of imidazole rings is 1. The van der Waals surface area contributed by atoms with E-state index in [1.807, 2.05) is 0 Å². The van der Waals surface area contributed by atoms with E-state index in [-0.39, 0.29) is 17.7 Å². The Balaban J connectivity index is 1.80. The van der Waals surface area contributed by atoms with E-state index in [1.165, 1.54) is 25.4 Å². The average molecular weight is 458 g/mol. The van der Waals surface area contributed by atoms with Gasteiger partial charge in [-0.1, -0.05) is 0 Å². The summed E-state index contributed by atoms with van der Waals surface area (Å²) < 4.78 is 51.2. The minimum atomic E-state index is -3.19. The van der Waals surface area contributed by atoms with Crippen LogP contribution in [0.2, 0.25) is 0 Å². The van der Waals surface area contributed by atoms with E-state index in [2.05, 4.69) is 21.1 Å². The van der Waals surface area contributed by atoms with Crippen molar-refractivity contribution in [2.24, 2.45) is 0 Å². The number of nitrogens with one attached hydrogen (secondary N) is 1. The fourth-order valence-corrected chi connectivity index (χ4v) is 3.51. The maximum atomic E-state index is 13.2. The first-order valence-electron chi connectivity index (χ1n) is 10.2. The number of amides is 1. The summed E-state index contributed by atoms with van der Waals surface area (Å²) in [5.74, 6) is -1.17. The minimum Gasteiger partial charge on any atom is -0.496 e. The fraction of sp³-hybridized carbons (Fsp3) is 0.348. The number of pyridine rings is 1. The zero-order valence-corrected chi connectivity index (χ0v) is 18.1. The van der Waals surface area contributed by atoms with Gasteiger partial charge in [0.25, 0.3) is 5.91 Å². The van der Waals surface area contributed by atoms with E-state index in [0.29, 0.717) is 16.9 Å². The van der Waals surface area contributed by atoms with Crippen LogP contribution in [0.5, 0.6) is 11.5 Å². The lowest BCUT2D eigenvalue weighted by Gasteiger charge is -2.17. The van der Waals surface area contributed by atoms with Gasteiger partial charge in [-0.2, -0.15) is 14.0 Å². The van der Waals surface area contributed by atoms with Crippen molar-refractivity contribution in [3.05, 3.63) is 47.8 Å². The lowest BCUT2D eigenvalue weighted by atomic mass is 9.87. The molecule has 1 aromatic carbocycles. The molecule has 3 aromatic rings. The lowest BCUT2D eigenvalue weighted by Crippen LogP contribution is -2.28. The number of halogens is 3. The number of rotatable bonds is 7. The first-order valence-corrected chi connectivity index (χ1v) is 10.2. The molecule has 7 nitrogen and oxygen atoms in total. The van der Waals surface area contributed by atoms with Gasteiger partial charge in [-0.05, 0) is 43.7 Å². The molecular formula is C23H21F3N4O3. The third-order valence-electron chi connectivity index (χ3n) is 5.57. The highest BCUT2D eigenvalue weighted by molar-refractivity contribution is 6.01. The Morgan fingerprint density at radius 2 is 2.03 bits per heavy atom. The van der Waals surface area contributed by atoms with Crippen LogP contribution in [0.1, 0.15) is 36.2 Å². The summed E-state index contributed by atoms with van der Waals surface area (Å²) in [7, 11) is 1.29. The highest BCUT2D eigenvalue weighted by Crippen LogP contribution is 2.37. The molecule has 0 saturated heterocycles. The van der Waals surface area contributed by atoms with Crippen LogP contribution in [0.25, 0.3) is 16.9 Å². The van der Waals surface area contributed by atoms with Crippen molar-refractivity contribution < 1.29 is 27.4 Å². The van der Waals surface area contributed by atoms with Crippen LogP contribution < -0.4 is 14.8 Å². The molecule has 10 heteroatoms. The zero-order valence-electron chi connectivity index (χ0n) is 18.1. The molecule has 2 heterocycles. The normalized spacial score (nSPS) is 17.6. The number of benzene rings is 1. The highest BCUT2D eigenvalue weighted by atomic mass is 19.3. The Bertz CT molecular complexity index is 1270. The highest BCUT2D eigenvalue weighted by Gasteiger charge is 2.40. The van der Waals surface area contributed by atoms with Crippen LogP contribution in [-0.2, 0) is 5.41 Å². The van der Waals surface area contributed by atoms with Gasteiger partial charge in [0.05, 0.1) is 36.5 Å². The number of fused-ring (bicyclic) bond motifs is 1. The summed E-state index contributed by atoms with van der Waals surface area (Å²) in [4.78, 5) is 17.0. The lowest BCUT2D eigenvalue weighted by molar-refractivity contribution is -0.0502. The van der Waals surface area contributed by atoms with Crippen molar-refractivity contribution in [3.63, 3.8) is 0 Å². The van der Waals surface area contributed by atoms with E-state index >= 15 is 0 Å².